The highest BCUT2D eigenvalue weighted by Crippen LogP contribution is 2.28. The van der Waals surface area contributed by atoms with Crippen molar-refractivity contribution in [2.75, 3.05) is 4.90 Å². The van der Waals surface area contributed by atoms with E-state index in [4.69, 9.17) is 4.42 Å². The lowest BCUT2D eigenvalue weighted by Gasteiger charge is -2.21. The molecule has 2 aromatic heterocycles. The molecule has 0 fully saturated rings. The van der Waals surface area contributed by atoms with Gasteiger partial charge < -0.3 is 4.42 Å². The number of carbonyl (C=O) groups excluding carboxylic acids is 1. The number of anilines is 1. The topological polar surface area (TPSA) is 46.3 Å². The Balaban J connectivity index is 1.74. The van der Waals surface area contributed by atoms with Crippen molar-refractivity contribution in [3.63, 3.8) is 0 Å². The summed E-state index contributed by atoms with van der Waals surface area (Å²) >= 11 is 0. The number of aromatic nitrogens is 1. The highest BCUT2D eigenvalue weighted by molar-refractivity contribution is 6.07. The Labute approximate surface area is 170 Å². The number of fused-ring (bicyclic) bond motifs is 1. The molecule has 2 aromatic carbocycles. The molecule has 0 aliphatic carbocycles. The second kappa shape index (κ2) is 7.92. The van der Waals surface area contributed by atoms with Crippen LogP contribution in [0.4, 0.5) is 5.82 Å². The maximum absolute atomic E-state index is 13.5. The van der Waals surface area contributed by atoms with E-state index in [-0.39, 0.29) is 5.91 Å². The van der Waals surface area contributed by atoms with Crippen molar-refractivity contribution < 1.29 is 9.21 Å². The summed E-state index contributed by atoms with van der Waals surface area (Å²) in [5.41, 5.74) is 5.01. The van der Waals surface area contributed by atoms with Crippen LogP contribution in [0.25, 0.3) is 11.0 Å². The van der Waals surface area contributed by atoms with Crippen LogP contribution in [-0.4, -0.2) is 10.9 Å². The Hall–Kier alpha value is -3.40. The first-order chi connectivity index (χ1) is 14.1. The second-order valence-electron chi connectivity index (χ2n) is 7.31. The van der Waals surface area contributed by atoms with E-state index < -0.39 is 0 Å². The number of carbonyl (C=O) groups is 1. The van der Waals surface area contributed by atoms with E-state index in [1.807, 2.05) is 50.2 Å². The summed E-state index contributed by atoms with van der Waals surface area (Å²) in [5, 5.41) is 0.965. The number of furan rings is 1. The number of hydrogen-bond acceptors (Lipinski definition) is 3. The van der Waals surface area contributed by atoms with E-state index >= 15 is 0 Å². The summed E-state index contributed by atoms with van der Waals surface area (Å²) in [6, 6.07) is 19.9. The summed E-state index contributed by atoms with van der Waals surface area (Å²) in [4.78, 5) is 19.6. The van der Waals surface area contributed by atoms with Gasteiger partial charge in [-0.3, -0.25) is 9.69 Å². The zero-order valence-electron chi connectivity index (χ0n) is 17.0. The lowest BCUT2D eigenvalue weighted by atomic mass is 10.1. The smallest absolute Gasteiger partial charge is 0.295 e. The molecule has 0 aliphatic rings. The standard InChI is InChI=1S/C25H24N2O2/c1-4-19-9-11-20(12-10-19)16-27(23-7-5-6-14-26-23)25(28)24-18(3)21-13-8-17(2)15-22(21)29-24/h5-15H,4,16H2,1-3H3. The molecule has 0 bridgehead atoms. The Bertz CT molecular complexity index is 1140. The summed E-state index contributed by atoms with van der Waals surface area (Å²) in [6.07, 6.45) is 2.69. The molecule has 4 heteroatoms. The van der Waals surface area contributed by atoms with E-state index in [1.165, 1.54) is 5.56 Å². The molecule has 0 radical (unpaired) electrons. The zero-order valence-corrected chi connectivity index (χ0v) is 17.0. The predicted molar refractivity (Wildman–Crippen MR) is 116 cm³/mol. The van der Waals surface area contributed by atoms with Crippen LogP contribution in [0.1, 0.15) is 39.7 Å². The highest BCUT2D eigenvalue weighted by Gasteiger charge is 2.25. The minimum atomic E-state index is -0.186. The van der Waals surface area contributed by atoms with Gasteiger partial charge in [0.05, 0.1) is 6.54 Å². The third-order valence-electron chi connectivity index (χ3n) is 5.23. The first kappa shape index (κ1) is 18.9. The fourth-order valence-electron chi connectivity index (χ4n) is 3.49. The van der Waals surface area contributed by atoms with Gasteiger partial charge in [0.15, 0.2) is 5.76 Å². The number of benzene rings is 2. The van der Waals surface area contributed by atoms with Crippen LogP contribution in [0.2, 0.25) is 0 Å². The van der Waals surface area contributed by atoms with Crippen molar-refractivity contribution in [2.24, 2.45) is 0 Å². The van der Waals surface area contributed by atoms with Crippen molar-refractivity contribution in [3.05, 3.63) is 94.9 Å². The minimum Gasteiger partial charge on any atom is -0.451 e. The molecule has 146 valence electrons. The van der Waals surface area contributed by atoms with Crippen LogP contribution >= 0.6 is 0 Å². The Morgan fingerprint density at radius 3 is 2.45 bits per heavy atom. The van der Waals surface area contributed by atoms with Crippen LogP contribution < -0.4 is 4.90 Å². The minimum absolute atomic E-state index is 0.186. The molecule has 0 N–H and O–H groups in total. The predicted octanol–water partition coefficient (Wildman–Crippen LogP) is 5.85. The Kier molecular flexibility index (Phi) is 5.17. The van der Waals surface area contributed by atoms with Gasteiger partial charge in [0.25, 0.3) is 5.91 Å². The molecule has 0 atom stereocenters. The van der Waals surface area contributed by atoms with Crippen LogP contribution in [0.3, 0.4) is 0 Å². The highest BCUT2D eigenvalue weighted by atomic mass is 16.3. The number of nitrogens with zero attached hydrogens (tertiary/aromatic N) is 2. The molecule has 1 amide bonds. The molecule has 2 heterocycles. The van der Waals surface area contributed by atoms with E-state index in [1.54, 1.807) is 11.1 Å². The van der Waals surface area contributed by atoms with Crippen molar-refractivity contribution in [2.45, 2.75) is 33.7 Å². The first-order valence-electron chi connectivity index (χ1n) is 9.87. The summed E-state index contributed by atoms with van der Waals surface area (Å²) in [5.74, 6) is 0.782. The lowest BCUT2D eigenvalue weighted by molar-refractivity contribution is 0.0959. The quantitative estimate of drug-likeness (QED) is 0.433. The van der Waals surface area contributed by atoms with Crippen LogP contribution in [-0.2, 0) is 13.0 Å². The van der Waals surface area contributed by atoms with Crippen LogP contribution in [0.5, 0.6) is 0 Å². The van der Waals surface area contributed by atoms with Gasteiger partial charge >= 0.3 is 0 Å². The third kappa shape index (κ3) is 3.79. The number of pyridine rings is 1. The molecule has 0 unspecified atom stereocenters. The van der Waals surface area contributed by atoms with E-state index in [0.717, 1.165) is 34.1 Å². The average molecular weight is 384 g/mol. The normalized spacial score (nSPS) is 11.0. The lowest BCUT2D eigenvalue weighted by Crippen LogP contribution is -2.31. The van der Waals surface area contributed by atoms with Crippen LogP contribution in [0, 0.1) is 13.8 Å². The molecule has 29 heavy (non-hydrogen) atoms. The molecule has 0 saturated heterocycles. The van der Waals surface area contributed by atoms with Crippen molar-refractivity contribution >= 4 is 22.7 Å². The van der Waals surface area contributed by atoms with Gasteiger partial charge in [-0.15, -0.1) is 0 Å². The Morgan fingerprint density at radius 1 is 1.00 bits per heavy atom. The Morgan fingerprint density at radius 2 is 1.76 bits per heavy atom. The largest absolute Gasteiger partial charge is 0.451 e. The number of hydrogen-bond donors (Lipinski definition) is 0. The molecule has 0 aliphatic heterocycles. The van der Waals surface area contributed by atoms with Gasteiger partial charge in [0.1, 0.15) is 11.4 Å². The van der Waals surface area contributed by atoms with Gasteiger partial charge in [-0.1, -0.05) is 49.4 Å². The van der Waals surface area contributed by atoms with E-state index in [9.17, 15) is 4.79 Å². The van der Waals surface area contributed by atoms with Crippen molar-refractivity contribution in [1.29, 1.82) is 0 Å². The number of rotatable bonds is 5. The van der Waals surface area contributed by atoms with Gasteiger partial charge in [-0.05, 0) is 55.2 Å². The maximum atomic E-state index is 13.5. The fourth-order valence-corrected chi connectivity index (χ4v) is 3.49. The molecular formula is C25H24N2O2. The molecular weight excluding hydrogens is 360 g/mol. The molecule has 4 rings (SSSR count). The van der Waals surface area contributed by atoms with E-state index in [0.29, 0.717) is 18.1 Å². The van der Waals surface area contributed by atoms with Gasteiger partial charge in [-0.2, -0.15) is 0 Å². The molecule has 4 nitrogen and oxygen atoms in total. The fraction of sp³-hybridized carbons (Fsp3) is 0.200. The zero-order chi connectivity index (χ0) is 20.4. The van der Waals surface area contributed by atoms with Gasteiger partial charge in [0, 0.05) is 17.1 Å². The average Bonchev–Trinajstić information content (AvgIpc) is 3.08. The maximum Gasteiger partial charge on any atom is 0.295 e. The third-order valence-corrected chi connectivity index (χ3v) is 5.23. The van der Waals surface area contributed by atoms with Crippen molar-refractivity contribution in [1.82, 2.24) is 4.98 Å². The SMILES string of the molecule is CCc1ccc(CN(C(=O)c2oc3cc(C)ccc3c2C)c2ccccn2)cc1. The van der Waals surface area contributed by atoms with Gasteiger partial charge in [0.2, 0.25) is 0 Å². The summed E-state index contributed by atoms with van der Waals surface area (Å²) in [6.45, 7) is 6.50. The van der Waals surface area contributed by atoms with E-state index in [2.05, 4.69) is 36.2 Å². The van der Waals surface area contributed by atoms with Crippen LogP contribution in [0.15, 0.2) is 71.3 Å². The number of amides is 1. The van der Waals surface area contributed by atoms with Gasteiger partial charge in [-0.25, -0.2) is 4.98 Å². The molecule has 0 saturated carbocycles. The van der Waals surface area contributed by atoms with Crippen molar-refractivity contribution in [3.8, 4) is 0 Å². The molecule has 4 aromatic rings. The monoisotopic (exact) mass is 384 g/mol. The molecule has 0 spiro atoms. The second-order valence-corrected chi connectivity index (χ2v) is 7.31. The summed E-state index contributed by atoms with van der Waals surface area (Å²) < 4.78 is 6.00. The first-order valence-corrected chi connectivity index (χ1v) is 9.87. The summed E-state index contributed by atoms with van der Waals surface area (Å²) in [7, 11) is 0. The number of aryl methyl sites for hydroxylation is 3.